The summed E-state index contributed by atoms with van der Waals surface area (Å²) in [6.45, 7) is 3.20. The van der Waals surface area contributed by atoms with Gasteiger partial charge >= 0.3 is 5.97 Å². The van der Waals surface area contributed by atoms with Gasteiger partial charge in [-0.15, -0.1) is 0 Å². The zero-order valence-corrected chi connectivity index (χ0v) is 10.7. The van der Waals surface area contributed by atoms with Gasteiger partial charge in [-0.05, 0) is 37.1 Å². The summed E-state index contributed by atoms with van der Waals surface area (Å²) in [4.78, 5) is 10.8. The van der Waals surface area contributed by atoms with E-state index in [0.717, 1.165) is 18.0 Å². The molecule has 1 aromatic rings. The summed E-state index contributed by atoms with van der Waals surface area (Å²) in [6.07, 6.45) is 1.54. The van der Waals surface area contributed by atoms with E-state index in [4.69, 9.17) is 16.7 Å². The molecule has 0 bridgehead atoms. The summed E-state index contributed by atoms with van der Waals surface area (Å²) in [6, 6.07) is 7.70. The number of carbonyl (C=O) groups is 1. The Balaban J connectivity index is 2.24. The monoisotopic (exact) mass is 255 g/mol. The molecule has 94 valence electrons. The number of hydrogen-bond donors (Lipinski definition) is 2. The molecule has 3 nitrogen and oxygen atoms in total. The molecule has 17 heavy (non-hydrogen) atoms. The molecule has 0 radical (unpaired) electrons. The molecule has 0 spiro atoms. The minimum absolute atomic E-state index is 0.291. The molecule has 0 saturated carbocycles. The van der Waals surface area contributed by atoms with Gasteiger partial charge in [0.15, 0.2) is 0 Å². The van der Waals surface area contributed by atoms with E-state index in [2.05, 4.69) is 5.32 Å². The molecule has 2 N–H and O–H groups in total. The molecule has 0 aliphatic heterocycles. The molecule has 0 fully saturated rings. The van der Waals surface area contributed by atoms with E-state index in [0.29, 0.717) is 13.0 Å². The summed E-state index contributed by atoms with van der Waals surface area (Å²) in [5.41, 5.74) is 1.20. The van der Waals surface area contributed by atoms with E-state index < -0.39 is 5.97 Å². The van der Waals surface area contributed by atoms with Gasteiger partial charge in [-0.2, -0.15) is 0 Å². The highest BCUT2D eigenvalue weighted by Crippen LogP contribution is 2.09. The van der Waals surface area contributed by atoms with E-state index in [1.54, 1.807) is 0 Å². The number of carboxylic acid groups (broad SMARTS) is 1. The fourth-order valence-electron chi connectivity index (χ4n) is 1.57. The average molecular weight is 256 g/mol. The number of aliphatic carboxylic acids is 1. The van der Waals surface area contributed by atoms with E-state index in [1.165, 1.54) is 5.56 Å². The average Bonchev–Trinajstić information content (AvgIpc) is 2.31. The van der Waals surface area contributed by atoms with Crippen LogP contribution in [0.2, 0.25) is 5.02 Å². The molecule has 0 amide bonds. The third-order valence-electron chi connectivity index (χ3n) is 2.74. The number of rotatable bonds is 7. The molecule has 0 saturated heterocycles. The van der Waals surface area contributed by atoms with Crippen LogP contribution in [-0.2, 0) is 11.2 Å². The molecular weight excluding hydrogens is 238 g/mol. The molecule has 1 atom stereocenters. The molecule has 0 heterocycles. The first-order chi connectivity index (χ1) is 8.13. The standard InChI is InChI=1S/C13H18ClNO2/c1-2-11(13(16)17)9-15-8-7-10-3-5-12(14)6-4-10/h3-6,11,15H,2,7-9H2,1H3,(H,16,17). The van der Waals surface area contributed by atoms with Crippen LogP contribution in [0.3, 0.4) is 0 Å². The van der Waals surface area contributed by atoms with Crippen molar-refractivity contribution in [2.75, 3.05) is 13.1 Å². The van der Waals surface area contributed by atoms with Crippen molar-refractivity contribution < 1.29 is 9.90 Å². The van der Waals surface area contributed by atoms with Crippen LogP contribution in [0, 0.1) is 5.92 Å². The molecule has 0 aromatic heterocycles. The third kappa shape index (κ3) is 5.20. The summed E-state index contributed by atoms with van der Waals surface area (Å²) < 4.78 is 0. The zero-order chi connectivity index (χ0) is 12.7. The van der Waals surface area contributed by atoms with Crippen molar-refractivity contribution in [3.63, 3.8) is 0 Å². The second-order valence-electron chi connectivity index (χ2n) is 4.02. The lowest BCUT2D eigenvalue weighted by molar-refractivity contribution is -0.141. The van der Waals surface area contributed by atoms with Gasteiger partial charge in [0, 0.05) is 11.6 Å². The number of carboxylic acids is 1. The number of hydrogen-bond acceptors (Lipinski definition) is 2. The first-order valence-corrected chi connectivity index (χ1v) is 6.19. The van der Waals surface area contributed by atoms with Crippen LogP contribution in [-0.4, -0.2) is 24.2 Å². The normalized spacial score (nSPS) is 12.4. The fourth-order valence-corrected chi connectivity index (χ4v) is 1.69. The lowest BCUT2D eigenvalue weighted by Gasteiger charge is -2.10. The van der Waals surface area contributed by atoms with Crippen molar-refractivity contribution >= 4 is 17.6 Å². The van der Waals surface area contributed by atoms with Gasteiger partial charge in [-0.3, -0.25) is 4.79 Å². The first kappa shape index (κ1) is 14.0. The van der Waals surface area contributed by atoms with Crippen molar-refractivity contribution in [1.29, 1.82) is 0 Å². The Morgan fingerprint density at radius 2 is 2.06 bits per heavy atom. The third-order valence-corrected chi connectivity index (χ3v) is 2.99. The molecule has 0 aliphatic rings. The highest BCUT2D eigenvalue weighted by molar-refractivity contribution is 6.30. The molecule has 0 aliphatic carbocycles. The summed E-state index contributed by atoms with van der Waals surface area (Å²) >= 11 is 5.79. The van der Waals surface area contributed by atoms with Crippen LogP contribution in [0.4, 0.5) is 0 Å². The summed E-state index contributed by atoms with van der Waals surface area (Å²) in [7, 11) is 0. The molecule has 1 aromatic carbocycles. The van der Waals surface area contributed by atoms with E-state index in [9.17, 15) is 4.79 Å². The van der Waals surface area contributed by atoms with Gasteiger partial charge in [0.25, 0.3) is 0 Å². The smallest absolute Gasteiger partial charge is 0.307 e. The quantitative estimate of drug-likeness (QED) is 0.737. The summed E-state index contributed by atoms with van der Waals surface area (Å²) in [5, 5.41) is 12.8. The Bertz CT molecular complexity index is 351. The Hall–Kier alpha value is -1.06. The molecule has 4 heteroatoms. The maximum Gasteiger partial charge on any atom is 0.307 e. The number of benzene rings is 1. The molecule has 1 unspecified atom stereocenters. The van der Waals surface area contributed by atoms with Crippen molar-refractivity contribution in [3.05, 3.63) is 34.9 Å². The maximum atomic E-state index is 10.8. The predicted molar refractivity (Wildman–Crippen MR) is 69.4 cm³/mol. The lowest BCUT2D eigenvalue weighted by atomic mass is 10.1. The van der Waals surface area contributed by atoms with Crippen LogP contribution in [0.1, 0.15) is 18.9 Å². The number of halogens is 1. The largest absolute Gasteiger partial charge is 0.481 e. The van der Waals surface area contributed by atoms with Crippen LogP contribution < -0.4 is 5.32 Å². The minimum atomic E-state index is -0.730. The van der Waals surface area contributed by atoms with Crippen LogP contribution in [0.25, 0.3) is 0 Å². The first-order valence-electron chi connectivity index (χ1n) is 5.81. The van der Waals surface area contributed by atoms with Crippen molar-refractivity contribution in [1.82, 2.24) is 5.32 Å². The van der Waals surface area contributed by atoms with E-state index in [-0.39, 0.29) is 5.92 Å². The SMILES string of the molecule is CCC(CNCCc1ccc(Cl)cc1)C(=O)O. The van der Waals surface area contributed by atoms with Gasteiger partial charge in [-0.1, -0.05) is 30.7 Å². The second-order valence-corrected chi connectivity index (χ2v) is 4.46. The van der Waals surface area contributed by atoms with Gasteiger partial charge in [0.1, 0.15) is 0 Å². The van der Waals surface area contributed by atoms with E-state index >= 15 is 0 Å². The van der Waals surface area contributed by atoms with E-state index in [1.807, 2.05) is 31.2 Å². The molecular formula is C13H18ClNO2. The van der Waals surface area contributed by atoms with Crippen molar-refractivity contribution in [2.45, 2.75) is 19.8 Å². The Morgan fingerprint density at radius 3 is 2.59 bits per heavy atom. The number of nitrogens with one attached hydrogen (secondary N) is 1. The molecule has 1 rings (SSSR count). The highest BCUT2D eigenvalue weighted by atomic mass is 35.5. The highest BCUT2D eigenvalue weighted by Gasteiger charge is 2.13. The van der Waals surface area contributed by atoms with Gasteiger partial charge in [-0.25, -0.2) is 0 Å². The second kappa shape index (κ2) is 7.30. The minimum Gasteiger partial charge on any atom is -0.481 e. The van der Waals surface area contributed by atoms with Crippen LogP contribution in [0.5, 0.6) is 0 Å². The van der Waals surface area contributed by atoms with Crippen molar-refractivity contribution in [3.8, 4) is 0 Å². The maximum absolute atomic E-state index is 10.8. The van der Waals surface area contributed by atoms with Gasteiger partial charge < -0.3 is 10.4 Å². The Kier molecular flexibility index (Phi) is 6.01. The van der Waals surface area contributed by atoms with Crippen LogP contribution >= 0.6 is 11.6 Å². The topological polar surface area (TPSA) is 49.3 Å². The van der Waals surface area contributed by atoms with Gasteiger partial charge in [0.2, 0.25) is 0 Å². The summed E-state index contributed by atoms with van der Waals surface area (Å²) in [5.74, 6) is -1.02. The predicted octanol–water partition coefficient (Wildman–Crippen LogP) is 2.58. The van der Waals surface area contributed by atoms with Crippen molar-refractivity contribution in [2.24, 2.45) is 5.92 Å². The Morgan fingerprint density at radius 1 is 1.41 bits per heavy atom. The van der Waals surface area contributed by atoms with Gasteiger partial charge in [0.05, 0.1) is 5.92 Å². The fraction of sp³-hybridized carbons (Fsp3) is 0.462. The lowest BCUT2D eigenvalue weighted by Crippen LogP contribution is -2.29. The zero-order valence-electron chi connectivity index (χ0n) is 9.95. The Labute approximate surface area is 107 Å². The van der Waals surface area contributed by atoms with Crippen LogP contribution in [0.15, 0.2) is 24.3 Å².